The van der Waals surface area contributed by atoms with Crippen LogP contribution >= 0.6 is 25.3 Å². The second kappa shape index (κ2) is 64.1. The molecule has 3 aromatic carbocycles. The number of carboxylic acids is 3. The van der Waals surface area contributed by atoms with Crippen LogP contribution < -0.4 is 24.8 Å². The summed E-state index contributed by atoms with van der Waals surface area (Å²) < 4.78 is 34.3. The third-order valence-corrected chi connectivity index (χ3v) is 33.2. The molecule has 3 aromatic rings. The fourth-order valence-electron chi connectivity index (χ4n) is 24.9. The van der Waals surface area contributed by atoms with Gasteiger partial charge in [0.25, 0.3) is 0 Å². The molecule has 0 spiro atoms. The molecule has 4 unspecified atom stereocenters. The number of carbonyl (C=O) groups excluding carboxylic acids is 6. The van der Waals surface area contributed by atoms with Gasteiger partial charge in [0.1, 0.15) is 35.2 Å². The first-order valence-corrected chi connectivity index (χ1v) is 56.5. The molecule has 0 heterocycles. The van der Waals surface area contributed by atoms with Crippen molar-refractivity contribution in [2.24, 2.45) is 88.8 Å². The van der Waals surface area contributed by atoms with Crippen LogP contribution in [-0.4, -0.2) is 177 Å². The summed E-state index contributed by atoms with van der Waals surface area (Å²) in [6, 6.07) is 17.7. The maximum Gasteiger partial charge on any atom is 0.343 e. The van der Waals surface area contributed by atoms with Crippen molar-refractivity contribution in [3.8, 4) is 17.2 Å². The number of Topliss-reactive ketones (excluding diaryl/α,β-unsaturated/α-hetero) is 1. The van der Waals surface area contributed by atoms with Crippen LogP contribution in [0.25, 0.3) is 0 Å². The van der Waals surface area contributed by atoms with Gasteiger partial charge < -0.3 is 74.8 Å². The maximum absolute atomic E-state index is 13.9. The van der Waals surface area contributed by atoms with Gasteiger partial charge in [0.15, 0.2) is 19.8 Å². The van der Waals surface area contributed by atoms with Gasteiger partial charge in [0.2, 0.25) is 11.8 Å². The lowest BCUT2D eigenvalue weighted by molar-refractivity contribution is -0.162. The highest BCUT2D eigenvalue weighted by Crippen LogP contribution is 2.53. The third kappa shape index (κ3) is 37.5. The number of esters is 3. The van der Waals surface area contributed by atoms with Crippen LogP contribution in [0.15, 0.2) is 54.6 Å². The lowest BCUT2D eigenvalue weighted by atomic mass is 9.73. The van der Waals surface area contributed by atoms with Crippen molar-refractivity contribution in [2.45, 2.75) is 411 Å². The number of benzene rings is 3. The summed E-state index contributed by atoms with van der Waals surface area (Å²) >= 11 is 8.53. The zero-order valence-electron chi connectivity index (χ0n) is 85.6. The number of nitrogens with one attached hydrogen (secondary N) is 2. The minimum Gasteiger partial charge on any atom is -0.482 e. The predicted octanol–water partition coefficient (Wildman–Crippen LogP) is 21.0. The van der Waals surface area contributed by atoms with E-state index in [1.54, 1.807) is 0 Å². The minimum absolute atomic E-state index is 0.00686. The number of ether oxygens (including phenoxy) is 6. The molecule has 0 aliphatic heterocycles. The summed E-state index contributed by atoms with van der Waals surface area (Å²) in [6.45, 7) is 9.16. The van der Waals surface area contributed by atoms with E-state index in [4.69, 9.17) is 28.8 Å². The molecule has 6 fully saturated rings. The first kappa shape index (κ1) is 117. The molecule has 24 nitrogen and oxygen atoms in total. The fourth-order valence-corrected chi connectivity index (χ4v) is 25.3. The van der Waals surface area contributed by atoms with Gasteiger partial charge in [-0.25, -0.2) is 14.4 Å². The van der Waals surface area contributed by atoms with Crippen LogP contribution in [0.4, 0.5) is 0 Å². The average molecular weight is 1990 g/mol. The molecule has 9 aliphatic rings. The second-order valence-corrected chi connectivity index (χ2v) is 43.4. The van der Waals surface area contributed by atoms with E-state index in [0.29, 0.717) is 99.1 Å². The van der Waals surface area contributed by atoms with Gasteiger partial charge in [-0.05, 0) is 309 Å². The van der Waals surface area contributed by atoms with Crippen molar-refractivity contribution in [1.82, 2.24) is 10.6 Å². The average Bonchev–Trinajstić information content (AvgIpc) is 1.61. The molecule has 21 atom stereocenters. The van der Waals surface area contributed by atoms with E-state index < -0.39 is 35.8 Å². The van der Waals surface area contributed by atoms with Gasteiger partial charge in [0.05, 0.1) is 61.1 Å². The van der Waals surface area contributed by atoms with E-state index in [1.165, 1.54) is 67.9 Å². The molecule has 0 aromatic heterocycles. The molecule has 9 N–H and O–H groups in total. The first-order valence-electron chi connectivity index (χ1n) is 55.2. The van der Waals surface area contributed by atoms with Crippen LogP contribution in [0.1, 0.15) is 369 Å². The number of thiol groups is 2. The van der Waals surface area contributed by atoms with E-state index in [9.17, 15) is 73.8 Å². The SMILES string of the molecule is CCCCCCCCC(=O)[C@@H]1CCCC[C@@H]1C(=O)O.CCCCC[C@@H](CC[C@@H]1[C@H]2Cc3cccc(OCC(=O)O)c3C[C@H]2C[C@H]1O)OC(=O)C1CCCCC1C(=O)NCCCCCCS.CCCCC[C@H](O)CC[C@@H]1[C@H]2Cc3cccc(OCC(=O)O)c3C[C@H]2C[C@H]1OC(=O)C1CCCCC1C(=O)NCCCCCCS.CCCCC[C@H](O)CC[C@@H]1[C@H]2Cc3cccc(OCC(=O)OC)c3C[C@H]2C[C@H]1O. The Labute approximate surface area is 848 Å². The molecular formula is C114H178N2O22S2. The number of ketones is 1. The van der Waals surface area contributed by atoms with E-state index in [2.05, 4.69) is 86.5 Å². The number of aliphatic carboxylic acids is 3. The summed E-state index contributed by atoms with van der Waals surface area (Å²) in [4.78, 5) is 111. The highest BCUT2D eigenvalue weighted by atomic mass is 32.1. The fraction of sp³-hybridized carbons (Fsp3) is 0.763. The second-order valence-electron chi connectivity index (χ2n) is 42.5. The summed E-state index contributed by atoms with van der Waals surface area (Å²) in [6.07, 6.45) is 48.4. The van der Waals surface area contributed by atoms with E-state index in [-0.39, 0.29) is 133 Å². The summed E-state index contributed by atoms with van der Waals surface area (Å²) in [5, 5.41) is 76.7. The van der Waals surface area contributed by atoms with Crippen LogP contribution in [0, 0.1) is 88.8 Å². The van der Waals surface area contributed by atoms with Crippen LogP contribution in [-0.2, 0) is 95.9 Å². The third-order valence-electron chi connectivity index (χ3n) is 32.6. The Morgan fingerprint density at radius 2 is 0.779 bits per heavy atom. The number of rotatable bonds is 57. The molecule has 26 heteroatoms. The van der Waals surface area contributed by atoms with Gasteiger partial charge in [-0.3, -0.25) is 28.8 Å². The number of aliphatic hydroxyl groups is 4. The number of carbonyl (C=O) groups is 9. The van der Waals surface area contributed by atoms with Crippen LogP contribution in [0.2, 0.25) is 0 Å². The van der Waals surface area contributed by atoms with Gasteiger partial charge in [-0.1, -0.05) is 212 Å². The molecule has 140 heavy (non-hydrogen) atoms. The Balaban J connectivity index is 0.000000219. The Morgan fingerprint density at radius 3 is 1.23 bits per heavy atom. The molecule has 0 saturated heterocycles. The molecule has 0 radical (unpaired) electrons. The normalized spacial score (nSPS) is 25.8. The van der Waals surface area contributed by atoms with E-state index in [0.717, 1.165) is 292 Å². The number of fused-ring (bicyclic) bond motifs is 6. The Hall–Kier alpha value is -6.97. The molecule has 6 saturated carbocycles. The number of carboxylic acid groups (broad SMARTS) is 3. The number of amides is 2. The van der Waals surface area contributed by atoms with Crippen molar-refractivity contribution in [2.75, 3.05) is 51.5 Å². The molecule has 0 bridgehead atoms. The number of aliphatic hydroxyl groups excluding tert-OH is 4. The van der Waals surface area contributed by atoms with E-state index >= 15 is 0 Å². The molecule has 12 rings (SSSR count). The molecule has 788 valence electrons. The zero-order valence-corrected chi connectivity index (χ0v) is 87.4. The van der Waals surface area contributed by atoms with Gasteiger partial charge in [0, 0.05) is 25.4 Å². The molecule has 9 aliphatic carbocycles. The van der Waals surface area contributed by atoms with Crippen LogP contribution in [0.5, 0.6) is 17.2 Å². The van der Waals surface area contributed by atoms with Gasteiger partial charge in [-0.15, -0.1) is 0 Å². The van der Waals surface area contributed by atoms with Crippen molar-refractivity contribution in [1.29, 1.82) is 0 Å². The van der Waals surface area contributed by atoms with E-state index in [1.807, 2.05) is 36.4 Å². The lowest BCUT2D eigenvalue weighted by Crippen LogP contribution is -2.42. The minimum atomic E-state index is -1.00. The summed E-state index contributed by atoms with van der Waals surface area (Å²) in [5.74, 6) is 0.848. The molecular weight excluding hydrogens is 1810 g/mol. The lowest BCUT2D eigenvalue weighted by Gasteiger charge is -2.33. The largest absolute Gasteiger partial charge is 0.482 e. The number of unbranched alkanes of at least 4 members (excludes halogenated alkanes) is 17. The quantitative estimate of drug-likeness (QED) is 0.0108. The van der Waals surface area contributed by atoms with Gasteiger partial charge >= 0.3 is 35.8 Å². The highest BCUT2D eigenvalue weighted by Gasteiger charge is 2.51. The summed E-state index contributed by atoms with van der Waals surface area (Å²) in [5.41, 5.74) is 6.91. The predicted molar refractivity (Wildman–Crippen MR) is 552 cm³/mol. The number of hydrogen-bond donors (Lipinski definition) is 11. The monoisotopic (exact) mass is 1990 g/mol. The van der Waals surface area contributed by atoms with Crippen molar-refractivity contribution in [3.63, 3.8) is 0 Å². The standard InChI is InChI=1S/2C37H57NO7S.C24H36O5.C16H28O3/c1-2-3-6-13-27(45-37(43)30-15-8-7-14-29(30)36(42)38-19-9-4-5-10-20-46)17-18-28-31-21-25-12-11-16-34(44-24-35(40)41)32(25)22-26(31)23-33(28)39;1-2-3-6-13-27(39)17-18-28-31-21-25-12-11-16-33(44-24-35(40)41)32(25)22-26(31)23-34(28)45-37(43)30-15-8-7-14-29(30)36(42)38-19-9-4-5-10-20-46;1-3-4-5-8-18(25)10-11-19-20-12-16-7-6-9-23(29-15-24(27)28-2)21(16)13-17(20)14-22(19)26;1-2-3-4-5-6-7-12-15(17)13-10-8-9-11-14(13)16(18)19/h11-12,16,26-31,33,39,46H,2-10,13-15,17-24H2,1H3,(H,38,42)(H,40,41);11-12,16,26-31,34,39,46H,2-10,13-15,17-24H2,1H3,(H,38,42)(H,40,41);6-7,9,17-20,22,25-26H,3-5,8,10-15H2,1-2H3;13-14H,2-12H2,1H3,(H,18,19)/t26-,27-,28+,29?,30?,31-,33+;26-,27-,28+,29?,30?,31-,34+;17-,18-,19+,20-,22+;13-,14+/m0001/s1. The smallest absolute Gasteiger partial charge is 0.343 e. The maximum atomic E-state index is 13.9. The zero-order chi connectivity index (χ0) is 101. The topological polar surface area (TPSA) is 375 Å². The Morgan fingerprint density at radius 1 is 0.400 bits per heavy atom. The van der Waals surface area contributed by atoms with Crippen molar-refractivity contribution < 1.29 is 107 Å². The Bertz CT molecular complexity index is 4200. The highest BCUT2D eigenvalue weighted by molar-refractivity contribution is 7.80. The van der Waals surface area contributed by atoms with Crippen molar-refractivity contribution >= 4 is 78.7 Å². The molecule has 2 amide bonds. The first-order chi connectivity index (χ1) is 67.8. The van der Waals surface area contributed by atoms with Gasteiger partial charge in [-0.2, -0.15) is 25.3 Å². The van der Waals surface area contributed by atoms with Crippen molar-refractivity contribution in [3.05, 3.63) is 88.0 Å². The summed E-state index contributed by atoms with van der Waals surface area (Å²) in [7, 11) is 1.36. The Kier molecular flexibility index (Phi) is 53.4. The number of methoxy groups -OCH3 is 1. The van der Waals surface area contributed by atoms with Crippen LogP contribution in [0.3, 0.4) is 0 Å². The number of hydrogen-bond acceptors (Lipinski definition) is 21.